The largest absolute Gasteiger partial charge is 0.359 e. The number of nitrogens with one attached hydrogen (secondary N) is 1. The van der Waals surface area contributed by atoms with Crippen molar-refractivity contribution >= 4 is 17.8 Å². The number of hydrogen-bond acceptors (Lipinski definition) is 4. The van der Waals surface area contributed by atoms with Crippen molar-refractivity contribution < 1.29 is 9.32 Å². The van der Waals surface area contributed by atoms with Crippen molar-refractivity contribution in [2.75, 3.05) is 12.8 Å². The molecule has 1 heterocycles. The third-order valence-corrected chi connectivity index (χ3v) is 5.24. The topological polar surface area (TPSA) is 58.4 Å². The van der Waals surface area contributed by atoms with E-state index in [1.165, 1.54) is 6.42 Å². The van der Waals surface area contributed by atoms with E-state index in [1.807, 2.05) is 36.7 Å². The SMILES string of the molecule is CCS[C@@H]1CC[C@H](N(C)C(=O)NCc2cc(CC)no2)C1. The molecule has 1 aromatic heterocycles. The zero-order valence-electron chi connectivity index (χ0n) is 13.1. The molecule has 0 radical (unpaired) electrons. The van der Waals surface area contributed by atoms with E-state index in [0.29, 0.717) is 23.6 Å². The van der Waals surface area contributed by atoms with Gasteiger partial charge in [-0.05, 0) is 31.4 Å². The van der Waals surface area contributed by atoms with Gasteiger partial charge in [-0.3, -0.25) is 0 Å². The molecule has 1 aromatic rings. The maximum atomic E-state index is 12.2. The smallest absolute Gasteiger partial charge is 0.317 e. The van der Waals surface area contributed by atoms with E-state index in [1.54, 1.807) is 0 Å². The van der Waals surface area contributed by atoms with Crippen molar-refractivity contribution in [2.24, 2.45) is 0 Å². The average Bonchev–Trinajstić information content (AvgIpc) is 3.13. The van der Waals surface area contributed by atoms with Gasteiger partial charge < -0.3 is 14.7 Å². The molecular formula is C15H25N3O2S. The third kappa shape index (κ3) is 4.40. The fourth-order valence-electron chi connectivity index (χ4n) is 2.72. The molecule has 6 heteroatoms. The van der Waals surface area contributed by atoms with E-state index in [0.717, 1.165) is 30.7 Å². The predicted octanol–water partition coefficient (Wildman–Crippen LogP) is 3.05. The highest BCUT2D eigenvalue weighted by atomic mass is 32.2. The summed E-state index contributed by atoms with van der Waals surface area (Å²) >= 11 is 2.01. The van der Waals surface area contributed by atoms with Gasteiger partial charge in [-0.1, -0.05) is 19.0 Å². The first kappa shape index (κ1) is 16.2. The second kappa shape index (κ2) is 7.73. The van der Waals surface area contributed by atoms with E-state index >= 15 is 0 Å². The zero-order valence-corrected chi connectivity index (χ0v) is 13.9. The van der Waals surface area contributed by atoms with Crippen LogP contribution in [-0.4, -0.2) is 40.2 Å². The number of thioether (sulfide) groups is 1. The van der Waals surface area contributed by atoms with Crippen molar-refractivity contribution in [2.45, 2.75) is 57.4 Å². The van der Waals surface area contributed by atoms with Crippen LogP contribution in [0.15, 0.2) is 10.6 Å². The van der Waals surface area contributed by atoms with Gasteiger partial charge in [-0.2, -0.15) is 11.8 Å². The molecule has 0 unspecified atom stereocenters. The maximum absolute atomic E-state index is 12.2. The van der Waals surface area contributed by atoms with Crippen LogP contribution in [0.5, 0.6) is 0 Å². The van der Waals surface area contributed by atoms with Gasteiger partial charge in [-0.25, -0.2) is 4.79 Å². The van der Waals surface area contributed by atoms with Crippen molar-refractivity contribution in [1.82, 2.24) is 15.4 Å². The van der Waals surface area contributed by atoms with E-state index < -0.39 is 0 Å². The van der Waals surface area contributed by atoms with Crippen LogP contribution in [0.3, 0.4) is 0 Å². The highest BCUT2D eigenvalue weighted by Crippen LogP contribution is 2.32. The van der Waals surface area contributed by atoms with Crippen molar-refractivity contribution in [3.63, 3.8) is 0 Å². The second-order valence-corrected chi connectivity index (χ2v) is 7.03. The molecule has 1 fully saturated rings. The van der Waals surface area contributed by atoms with Crippen molar-refractivity contribution in [3.05, 3.63) is 17.5 Å². The number of aromatic nitrogens is 1. The fourth-order valence-corrected chi connectivity index (χ4v) is 3.85. The van der Waals surface area contributed by atoms with Crippen LogP contribution in [0.4, 0.5) is 4.79 Å². The van der Waals surface area contributed by atoms with Gasteiger partial charge in [0.1, 0.15) is 0 Å². The van der Waals surface area contributed by atoms with Gasteiger partial charge >= 0.3 is 6.03 Å². The lowest BCUT2D eigenvalue weighted by molar-refractivity contribution is 0.189. The van der Waals surface area contributed by atoms with Crippen LogP contribution < -0.4 is 5.32 Å². The Hall–Kier alpha value is -1.17. The standard InChI is InChI=1S/C15H25N3O2S/c1-4-11-8-13(20-17-11)10-16-15(19)18(3)12-6-7-14(9-12)21-5-2/h8,12,14H,4-7,9-10H2,1-3H3,(H,16,19)/t12-,14+/m0/s1. The Kier molecular flexibility index (Phi) is 5.96. The predicted molar refractivity (Wildman–Crippen MR) is 85.4 cm³/mol. The van der Waals surface area contributed by atoms with Gasteiger partial charge in [0, 0.05) is 24.4 Å². The van der Waals surface area contributed by atoms with Gasteiger partial charge in [0.2, 0.25) is 0 Å². The van der Waals surface area contributed by atoms with Crippen LogP contribution in [0.25, 0.3) is 0 Å². The van der Waals surface area contributed by atoms with E-state index in [4.69, 9.17) is 4.52 Å². The third-order valence-electron chi connectivity index (χ3n) is 4.01. The van der Waals surface area contributed by atoms with Crippen LogP contribution in [0, 0.1) is 0 Å². The molecule has 0 bridgehead atoms. The van der Waals surface area contributed by atoms with Crippen LogP contribution >= 0.6 is 11.8 Å². The highest BCUT2D eigenvalue weighted by molar-refractivity contribution is 7.99. The molecule has 2 atom stereocenters. The molecule has 1 saturated carbocycles. The Labute approximate surface area is 130 Å². The molecule has 5 nitrogen and oxygen atoms in total. The van der Waals surface area contributed by atoms with E-state index in [9.17, 15) is 4.79 Å². The Balaban J connectivity index is 1.77. The summed E-state index contributed by atoms with van der Waals surface area (Å²) in [6.07, 6.45) is 4.26. The normalized spacial score (nSPS) is 21.5. The molecular weight excluding hydrogens is 286 g/mol. The summed E-state index contributed by atoms with van der Waals surface area (Å²) in [5.41, 5.74) is 0.919. The quantitative estimate of drug-likeness (QED) is 0.877. The molecule has 0 spiro atoms. The number of nitrogens with zero attached hydrogens (tertiary/aromatic N) is 2. The first-order valence-corrected chi connectivity index (χ1v) is 8.75. The van der Waals surface area contributed by atoms with Crippen molar-refractivity contribution in [1.29, 1.82) is 0 Å². The summed E-state index contributed by atoms with van der Waals surface area (Å²) in [7, 11) is 1.89. The molecule has 1 aliphatic rings. The number of hydrogen-bond donors (Lipinski definition) is 1. The van der Waals surface area contributed by atoms with Crippen LogP contribution in [0.2, 0.25) is 0 Å². The maximum Gasteiger partial charge on any atom is 0.317 e. The average molecular weight is 311 g/mol. The number of amides is 2. The number of urea groups is 1. The molecule has 21 heavy (non-hydrogen) atoms. The monoisotopic (exact) mass is 311 g/mol. The minimum absolute atomic E-state index is 0.0309. The zero-order chi connectivity index (χ0) is 15.2. The minimum atomic E-state index is -0.0309. The Morgan fingerprint density at radius 3 is 3.00 bits per heavy atom. The minimum Gasteiger partial charge on any atom is -0.359 e. The second-order valence-electron chi connectivity index (χ2n) is 5.45. The van der Waals surface area contributed by atoms with Crippen molar-refractivity contribution in [3.8, 4) is 0 Å². The summed E-state index contributed by atoms with van der Waals surface area (Å²) < 4.78 is 5.17. The van der Waals surface area contributed by atoms with Gasteiger partial charge in [0.15, 0.2) is 5.76 Å². The lowest BCUT2D eigenvalue weighted by Crippen LogP contribution is -2.42. The number of aryl methyl sites for hydroxylation is 1. The highest BCUT2D eigenvalue weighted by Gasteiger charge is 2.29. The molecule has 2 rings (SSSR count). The molecule has 118 valence electrons. The summed E-state index contributed by atoms with van der Waals surface area (Å²) in [5.74, 6) is 1.86. The molecule has 1 N–H and O–H groups in total. The molecule has 2 amide bonds. The Morgan fingerprint density at radius 1 is 1.52 bits per heavy atom. The lowest BCUT2D eigenvalue weighted by atomic mass is 10.2. The Bertz CT molecular complexity index is 464. The van der Waals surface area contributed by atoms with E-state index in [2.05, 4.69) is 17.4 Å². The van der Waals surface area contributed by atoms with Crippen LogP contribution in [-0.2, 0) is 13.0 Å². The molecule has 1 aliphatic carbocycles. The number of rotatable bonds is 6. The molecule has 0 aromatic carbocycles. The fraction of sp³-hybridized carbons (Fsp3) is 0.733. The summed E-state index contributed by atoms with van der Waals surface area (Å²) in [6, 6.07) is 2.22. The van der Waals surface area contributed by atoms with Gasteiger partial charge in [0.05, 0.1) is 12.2 Å². The summed E-state index contributed by atoms with van der Waals surface area (Å²) in [5, 5.41) is 7.53. The first-order valence-electron chi connectivity index (χ1n) is 7.70. The first-order chi connectivity index (χ1) is 10.1. The number of carbonyl (C=O) groups is 1. The summed E-state index contributed by atoms with van der Waals surface area (Å²) in [4.78, 5) is 14.0. The molecule has 0 aliphatic heterocycles. The number of carbonyl (C=O) groups excluding carboxylic acids is 1. The lowest BCUT2D eigenvalue weighted by Gasteiger charge is -2.24. The van der Waals surface area contributed by atoms with Gasteiger partial charge in [-0.15, -0.1) is 0 Å². The molecule has 0 saturated heterocycles. The van der Waals surface area contributed by atoms with Gasteiger partial charge in [0.25, 0.3) is 0 Å². The summed E-state index contributed by atoms with van der Waals surface area (Å²) in [6.45, 7) is 4.62. The van der Waals surface area contributed by atoms with Crippen LogP contribution in [0.1, 0.15) is 44.6 Å². The Morgan fingerprint density at radius 2 is 2.33 bits per heavy atom. The van der Waals surface area contributed by atoms with E-state index in [-0.39, 0.29) is 6.03 Å².